The summed E-state index contributed by atoms with van der Waals surface area (Å²) >= 11 is 0. The van der Waals surface area contributed by atoms with E-state index in [0.29, 0.717) is 5.56 Å². The van der Waals surface area contributed by atoms with E-state index < -0.39 is 24.0 Å². The lowest BCUT2D eigenvalue weighted by Crippen LogP contribution is -2.45. The van der Waals surface area contributed by atoms with Crippen molar-refractivity contribution in [1.82, 2.24) is 10.6 Å². The molecule has 0 bridgehead atoms. The summed E-state index contributed by atoms with van der Waals surface area (Å²) in [6.07, 6.45) is -1.24. The van der Waals surface area contributed by atoms with Crippen LogP contribution in [-0.2, 0) is 25.7 Å². The summed E-state index contributed by atoms with van der Waals surface area (Å²) in [6.45, 7) is 1.49. The Labute approximate surface area is 174 Å². The summed E-state index contributed by atoms with van der Waals surface area (Å²) in [5.41, 5.74) is 1.24. The number of ether oxygens (including phenoxy) is 2. The van der Waals surface area contributed by atoms with Crippen LogP contribution >= 0.6 is 0 Å². The summed E-state index contributed by atoms with van der Waals surface area (Å²) in [4.78, 5) is 48.4. The molecule has 0 aliphatic rings. The van der Waals surface area contributed by atoms with E-state index >= 15 is 0 Å². The molecule has 158 valence electrons. The minimum atomic E-state index is -1.24. The van der Waals surface area contributed by atoms with Crippen molar-refractivity contribution in [3.8, 4) is 0 Å². The molecule has 0 spiro atoms. The third-order valence-electron chi connectivity index (χ3n) is 4.01. The van der Waals surface area contributed by atoms with Gasteiger partial charge in [-0.05, 0) is 12.5 Å². The average Bonchev–Trinajstić information content (AvgIpc) is 2.77. The molecule has 1 atom stereocenters. The standard InChI is InChI=1S/C22H24N2O6/c1-2-29-21(27)18(24-22(28)30-15-16-9-5-3-6-10-16)13-20(26)23-14-19(25)17-11-7-4-8-12-17/h3-12,18H,2,13-15H2,1H3,(H,23,26)(H,24,28)/t18-/m0/s1. The molecule has 2 rings (SSSR count). The van der Waals surface area contributed by atoms with Gasteiger partial charge >= 0.3 is 12.1 Å². The zero-order valence-electron chi connectivity index (χ0n) is 16.6. The van der Waals surface area contributed by atoms with Gasteiger partial charge in [0.05, 0.1) is 19.6 Å². The van der Waals surface area contributed by atoms with Gasteiger partial charge in [0.2, 0.25) is 5.91 Å². The Kier molecular flexibility index (Phi) is 9.05. The lowest BCUT2D eigenvalue weighted by Gasteiger charge is -2.17. The van der Waals surface area contributed by atoms with Gasteiger partial charge in [0.1, 0.15) is 12.6 Å². The van der Waals surface area contributed by atoms with Gasteiger partial charge in [0.15, 0.2) is 5.78 Å². The van der Waals surface area contributed by atoms with Crippen LogP contribution in [0.3, 0.4) is 0 Å². The molecule has 0 fully saturated rings. The fraction of sp³-hybridized carbons (Fsp3) is 0.273. The highest BCUT2D eigenvalue weighted by Crippen LogP contribution is 2.03. The number of carbonyl (C=O) groups is 4. The second kappa shape index (κ2) is 12.0. The number of ketones is 1. The molecule has 8 heteroatoms. The van der Waals surface area contributed by atoms with Crippen LogP contribution in [0.5, 0.6) is 0 Å². The van der Waals surface area contributed by atoms with Gasteiger partial charge in [-0.25, -0.2) is 9.59 Å². The number of Topliss-reactive ketones (excluding diaryl/α,β-unsaturated/α-hetero) is 1. The number of hydrogen-bond donors (Lipinski definition) is 2. The number of rotatable bonds is 10. The Bertz CT molecular complexity index is 854. The van der Waals surface area contributed by atoms with Crippen molar-refractivity contribution in [2.75, 3.05) is 13.2 Å². The van der Waals surface area contributed by atoms with Gasteiger partial charge in [0, 0.05) is 5.56 Å². The Morgan fingerprint density at radius 2 is 1.53 bits per heavy atom. The molecule has 2 amide bonds. The van der Waals surface area contributed by atoms with Gasteiger partial charge < -0.3 is 20.1 Å². The normalized spacial score (nSPS) is 11.1. The highest BCUT2D eigenvalue weighted by Gasteiger charge is 2.26. The first kappa shape index (κ1) is 22.6. The van der Waals surface area contributed by atoms with E-state index in [9.17, 15) is 19.2 Å². The van der Waals surface area contributed by atoms with E-state index in [1.54, 1.807) is 61.5 Å². The number of amides is 2. The van der Waals surface area contributed by atoms with Crippen molar-refractivity contribution in [3.05, 3.63) is 71.8 Å². The SMILES string of the molecule is CCOC(=O)[C@H](CC(=O)NCC(=O)c1ccccc1)NC(=O)OCc1ccccc1. The van der Waals surface area contributed by atoms with Crippen LogP contribution in [0.1, 0.15) is 29.3 Å². The third kappa shape index (κ3) is 7.75. The van der Waals surface area contributed by atoms with Crippen molar-refractivity contribution >= 4 is 23.8 Å². The highest BCUT2D eigenvalue weighted by molar-refractivity contribution is 5.99. The molecular formula is C22H24N2O6. The summed E-state index contributed by atoms with van der Waals surface area (Å²) in [5, 5.41) is 4.79. The van der Waals surface area contributed by atoms with Gasteiger partial charge in [-0.1, -0.05) is 60.7 Å². The van der Waals surface area contributed by atoms with Crippen LogP contribution < -0.4 is 10.6 Å². The Morgan fingerprint density at radius 3 is 2.17 bits per heavy atom. The number of nitrogens with one attached hydrogen (secondary N) is 2. The molecule has 0 aliphatic heterocycles. The van der Waals surface area contributed by atoms with Gasteiger partial charge in [0.25, 0.3) is 0 Å². The topological polar surface area (TPSA) is 111 Å². The lowest BCUT2D eigenvalue weighted by molar-refractivity contribution is -0.147. The lowest BCUT2D eigenvalue weighted by atomic mass is 10.1. The van der Waals surface area contributed by atoms with Crippen molar-refractivity contribution in [2.45, 2.75) is 26.0 Å². The number of carbonyl (C=O) groups excluding carboxylic acids is 4. The van der Waals surface area contributed by atoms with Crippen molar-refractivity contribution in [1.29, 1.82) is 0 Å². The molecule has 0 aliphatic carbocycles. The first-order valence-electron chi connectivity index (χ1n) is 9.48. The van der Waals surface area contributed by atoms with Gasteiger partial charge in [-0.15, -0.1) is 0 Å². The zero-order valence-corrected chi connectivity index (χ0v) is 16.6. The predicted octanol–water partition coefficient (Wildman–Crippen LogP) is 2.23. The van der Waals surface area contributed by atoms with Crippen LogP contribution in [0, 0.1) is 0 Å². The van der Waals surface area contributed by atoms with Crippen molar-refractivity contribution in [2.24, 2.45) is 0 Å². The molecule has 8 nitrogen and oxygen atoms in total. The second-order valence-electron chi connectivity index (χ2n) is 6.28. The first-order chi connectivity index (χ1) is 14.5. The molecule has 2 N–H and O–H groups in total. The molecule has 0 radical (unpaired) electrons. The fourth-order valence-corrected chi connectivity index (χ4v) is 2.51. The third-order valence-corrected chi connectivity index (χ3v) is 4.01. The van der Waals surface area contributed by atoms with Crippen LogP contribution in [0.25, 0.3) is 0 Å². The molecule has 0 saturated carbocycles. The van der Waals surface area contributed by atoms with Crippen LogP contribution in [-0.4, -0.2) is 42.9 Å². The van der Waals surface area contributed by atoms with E-state index in [2.05, 4.69) is 10.6 Å². The largest absolute Gasteiger partial charge is 0.464 e. The molecule has 0 aromatic heterocycles. The van der Waals surface area contributed by atoms with E-state index in [0.717, 1.165) is 5.56 Å². The minimum absolute atomic E-state index is 0.0139. The molecule has 30 heavy (non-hydrogen) atoms. The molecule has 0 heterocycles. The Hall–Kier alpha value is -3.68. The quantitative estimate of drug-likeness (QED) is 0.457. The van der Waals surface area contributed by atoms with E-state index in [1.807, 2.05) is 6.07 Å². The molecule has 2 aromatic rings. The number of hydrogen-bond acceptors (Lipinski definition) is 6. The molecule has 0 saturated heterocycles. The minimum Gasteiger partial charge on any atom is -0.464 e. The van der Waals surface area contributed by atoms with Crippen LogP contribution in [0.2, 0.25) is 0 Å². The van der Waals surface area contributed by atoms with Crippen molar-refractivity contribution < 1.29 is 28.7 Å². The maximum absolute atomic E-state index is 12.2. The smallest absolute Gasteiger partial charge is 0.408 e. The van der Waals surface area contributed by atoms with Gasteiger partial charge in [-0.2, -0.15) is 0 Å². The fourth-order valence-electron chi connectivity index (χ4n) is 2.51. The molecule has 0 unspecified atom stereocenters. The predicted molar refractivity (Wildman–Crippen MR) is 109 cm³/mol. The van der Waals surface area contributed by atoms with Crippen LogP contribution in [0.4, 0.5) is 4.79 Å². The number of alkyl carbamates (subject to hydrolysis) is 1. The Balaban J connectivity index is 1.87. The first-order valence-corrected chi connectivity index (χ1v) is 9.48. The van der Waals surface area contributed by atoms with Crippen molar-refractivity contribution in [3.63, 3.8) is 0 Å². The summed E-state index contributed by atoms with van der Waals surface area (Å²) < 4.78 is 9.99. The summed E-state index contributed by atoms with van der Waals surface area (Å²) in [7, 11) is 0. The second-order valence-corrected chi connectivity index (χ2v) is 6.28. The maximum atomic E-state index is 12.2. The zero-order chi connectivity index (χ0) is 21.8. The maximum Gasteiger partial charge on any atom is 0.408 e. The number of benzene rings is 2. The van der Waals surface area contributed by atoms with Crippen LogP contribution in [0.15, 0.2) is 60.7 Å². The highest BCUT2D eigenvalue weighted by atomic mass is 16.6. The summed E-state index contributed by atoms with van der Waals surface area (Å²) in [5.74, 6) is -1.62. The number of esters is 1. The monoisotopic (exact) mass is 412 g/mol. The van der Waals surface area contributed by atoms with E-state index in [-0.39, 0.29) is 32.0 Å². The molecular weight excluding hydrogens is 388 g/mol. The average molecular weight is 412 g/mol. The van der Waals surface area contributed by atoms with E-state index in [4.69, 9.17) is 9.47 Å². The Morgan fingerprint density at radius 1 is 0.900 bits per heavy atom. The molecule has 2 aromatic carbocycles. The van der Waals surface area contributed by atoms with E-state index in [1.165, 1.54) is 0 Å². The van der Waals surface area contributed by atoms with Gasteiger partial charge in [-0.3, -0.25) is 9.59 Å². The summed E-state index contributed by atoms with van der Waals surface area (Å²) in [6, 6.07) is 16.3.